The summed E-state index contributed by atoms with van der Waals surface area (Å²) in [7, 11) is 0. The molecule has 3 aromatic heterocycles. The molecule has 1 aliphatic heterocycles. The molecular weight excluding hydrogens is 339 g/mol. The van der Waals surface area contributed by atoms with Crippen molar-refractivity contribution in [1.82, 2.24) is 29.5 Å². The number of rotatable bonds is 3. The third kappa shape index (κ3) is 2.31. The molecule has 134 valence electrons. The number of carbonyl (C=O) groups excluding carboxylic acids is 1. The van der Waals surface area contributed by atoms with Gasteiger partial charge in [-0.25, -0.2) is 9.50 Å². The van der Waals surface area contributed by atoms with Crippen molar-refractivity contribution in [3.63, 3.8) is 0 Å². The molecule has 0 bridgehead atoms. The quantitative estimate of drug-likeness (QED) is 0.761. The van der Waals surface area contributed by atoms with Crippen LogP contribution in [0.25, 0.3) is 17.0 Å². The Morgan fingerprint density at radius 3 is 2.77 bits per heavy atom. The fourth-order valence-corrected chi connectivity index (χ4v) is 3.28. The van der Waals surface area contributed by atoms with Crippen LogP contribution in [0.3, 0.4) is 0 Å². The first-order valence-corrected chi connectivity index (χ1v) is 8.27. The standard InChI is InChI=1S/C17H17FN6O2/c1-9-14(20-6-5-19-9)15-13(16-21-4-3-12(25)24(16)22-15)17(26)23-8-11(7-18)10(23)2/h3-6,10-11,22H,7-8H2,1-2H3. The smallest absolute Gasteiger partial charge is 0.272 e. The molecule has 3 aromatic rings. The van der Waals surface area contributed by atoms with Crippen molar-refractivity contribution < 1.29 is 9.18 Å². The van der Waals surface area contributed by atoms with Crippen LogP contribution in [0, 0.1) is 12.8 Å². The summed E-state index contributed by atoms with van der Waals surface area (Å²) >= 11 is 0. The van der Waals surface area contributed by atoms with Gasteiger partial charge in [0.1, 0.15) is 11.3 Å². The van der Waals surface area contributed by atoms with E-state index < -0.39 is 6.67 Å². The van der Waals surface area contributed by atoms with E-state index in [2.05, 4.69) is 20.1 Å². The summed E-state index contributed by atoms with van der Waals surface area (Å²) < 4.78 is 14.2. The Morgan fingerprint density at radius 2 is 2.08 bits per heavy atom. The summed E-state index contributed by atoms with van der Waals surface area (Å²) in [5.41, 5.74) is 1.59. The summed E-state index contributed by atoms with van der Waals surface area (Å²) in [6, 6.07) is 1.09. The Bertz CT molecular complexity index is 1060. The molecule has 0 aromatic carbocycles. The van der Waals surface area contributed by atoms with Crippen molar-refractivity contribution in [3.05, 3.63) is 46.3 Å². The van der Waals surface area contributed by atoms with E-state index in [4.69, 9.17) is 0 Å². The number of aryl methyl sites for hydroxylation is 1. The average molecular weight is 356 g/mol. The van der Waals surface area contributed by atoms with E-state index in [1.807, 2.05) is 6.92 Å². The molecule has 2 unspecified atom stereocenters. The summed E-state index contributed by atoms with van der Waals surface area (Å²) in [5, 5.41) is 2.93. The third-order valence-corrected chi connectivity index (χ3v) is 4.94. The molecule has 1 amide bonds. The molecule has 0 spiro atoms. The lowest BCUT2D eigenvalue weighted by Crippen LogP contribution is -2.58. The van der Waals surface area contributed by atoms with Crippen LogP contribution in [0.15, 0.2) is 29.5 Å². The Kier molecular flexibility index (Phi) is 3.78. The van der Waals surface area contributed by atoms with Crippen LogP contribution in [0.2, 0.25) is 0 Å². The zero-order valence-corrected chi connectivity index (χ0v) is 14.3. The minimum atomic E-state index is -0.466. The van der Waals surface area contributed by atoms with Crippen LogP contribution in [-0.2, 0) is 0 Å². The summed E-state index contributed by atoms with van der Waals surface area (Å²) in [6.45, 7) is 3.45. The number of nitrogens with one attached hydrogen (secondary N) is 1. The number of aromatic amines is 1. The van der Waals surface area contributed by atoms with Gasteiger partial charge in [0, 0.05) is 43.2 Å². The Labute approximate surface area is 147 Å². The van der Waals surface area contributed by atoms with Gasteiger partial charge in [-0.3, -0.25) is 29.0 Å². The first kappa shape index (κ1) is 16.4. The second-order valence-electron chi connectivity index (χ2n) is 6.41. The van der Waals surface area contributed by atoms with Crippen LogP contribution < -0.4 is 5.56 Å². The van der Waals surface area contributed by atoms with Crippen LogP contribution in [0.1, 0.15) is 23.0 Å². The molecule has 0 aliphatic carbocycles. The molecule has 9 heteroatoms. The van der Waals surface area contributed by atoms with Crippen molar-refractivity contribution in [2.45, 2.75) is 19.9 Å². The fourth-order valence-electron chi connectivity index (χ4n) is 3.28. The van der Waals surface area contributed by atoms with E-state index in [0.29, 0.717) is 23.6 Å². The number of hydrogen-bond donors (Lipinski definition) is 1. The van der Waals surface area contributed by atoms with Gasteiger partial charge in [0.2, 0.25) is 0 Å². The first-order valence-electron chi connectivity index (χ1n) is 8.27. The van der Waals surface area contributed by atoms with Crippen LogP contribution in [0.5, 0.6) is 0 Å². The molecule has 26 heavy (non-hydrogen) atoms. The highest BCUT2D eigenvalue weighted by atomic mass is 19.1. The monoisotopic (exact) mass is 356 g/mol. The van der Waals surface area contributed by atoms with Crippen LogP contribution in [0.4, 0.5) is 4.39 Å². The average Bonchev–Trinajstić information content (AvgIpc) is 3.02. The summed E-state index contributed by atoms with van der Waals surface area (Å²) in [4.78, 5) is 39.6. The van der Waals surface area contributed by atoms with Crippen LogP contribution >= 0.6 is 0 Å². The number of nitrogens with zero attached hydrogens (tertiary/aromatic N) is 5. The van der Waals surface area contributed by atoms with Crippen molar-refractivity contribution in [1.29, 1.82) is 0 Å². The van der Waals surface area contributed by atoms with E-state index >= 15 is 0 Å². The van der Waals surface area contributed by atoms with Gasteiger partial charge in [-0.1, -0.05) is 0 Å². The van der Waals surface area contributed by atoms with E-state index in [9.17, 15) is 14.0 Å². The number of hydrogen-bond acceptors (Lipinski definition) is 5. The van der Waals surface area contributed by atoms with Gasteiger partial charge in [0.15, 0.2) is 5.65 Å². The number of fused-ring (bicyclic) bond motifs is 1. The Hall–Kier alpha value is -3.10. The molecule has 0 saturated carbocycles. The molecular formula is C17H17FN6O2. The lowest BCUT2D eigenvalue weighted by atomic mass is 9.90. The number of likely N-dealkylation sites (tertiary alicyclic amines) is 1. The molecule has 4 heterocycles. The zero-order chi connectivity index (χ0) is 18.4. The van der Waals surface area contributed by atoms with E-state index in [0.717, 1.165) is 0 Å². The summed E-state index contributed by atoms with van der Waals surface area (Å²) in [6.07, 6.45) is 4.43. The molecule has 1 saturated heterocycles. The van der Waals surface area contributed by atoms with Gasteiger partial charge in [0.05, 0.1) is 18.1 Å². The maximum absolute atomic E-state index is 13.2. The van der Waals surface area contributed by atoms with E-state index in [1.54, 1.807) is 18.0 Å². The minimum absolute atomic E-state index is 0.165. The molecule has 0 radical (unpaired) electrons. The number of carbonyl (C=O) groups is 1. The zero-order valence-electron chi connectivity index (χ0n) is 14.3. The fraction of sp³-hybridized carbons (Fsp3) is 0.353. The number of alkyl halides is 1. The SMILES string of the molecule is Cc1nccnc1-c1[nH]n2c(=O)ccnc2c1C(=O)N1CC(CF)C1C. The van der Waals surface area contributed by atoms with Gasteiger partial charge in [-0.2, -0.15) is 0 Å². The highest BCUT2D eigenvalue weighted by molar-refractivity contribution is 6.05. The van der Waals surface area contributed by atoms with Crippen molar-refractivity contribution >= 4 is 11.6 Å². The topological polar surface area (TPSA) is 96.2 Å². The minimum Gasteiger partial charge on any atom is -0.335 e. The maximum atomic E-state index is 13.2. The first-order chi connectivity index (χ1) is 12.5. The number of amides is 1. The molecule has 1 aliphatic rings. The van der Waals surface area contributed by atoms with Crippen molar-refractivity contribution in [3.8, 4) is 11.4 Å². The lowest BCUT2D eigenvalue weighted by Gasteiger charge is -2.45. The highest BCUT2D eigenvalue weighted by Gasteiger charge is 2.41. The number of aromatic nitrogens is 5. The largest absolute Gasteiger partial charge is 0.335 e. The summed E-state index contributed by atoms with van der Waals surface area (Å²) in [5.74, 6) is -0.472. The second kappa shape index (κ2) is 6.01. The van der Waals surface area contributed by atoms with Crippen LogP contribution in [-0.4, -0.2) is 54.6 Å². The third-order valence-electron chi connectivity index (χ3n) is 4.94. The molecule has 4 rings (SSSR count). The number of H-pyrrole nitrogens is 1. The van der Waals surface area contributed by atoms with E-state index in [-0.39, 0.29) is 34.6 Å². The van der Waals surface area contributed by atoms with Gasteiger partial charge in [0.25, 0.3) is 11.5 Å². The lowest BCUT2D eigenvalue weighted by molar-refractivity contribution is 0.0142. The predicted octanol–water partition coefficient (Wildman–Crippen LogP) is 1.22. The van der Waals surface area contributed by atoms with Gasteiger partial charge >= 0.3 is 0 Å². The second-order valence-corrected chi connectivity index (χ2v) is 6.41. The van der Waals surface area contributed by atoms with Gasteiger partial charge < -0.3 is 4.90 Å². The van der Waals surface area contributed by atoms with Gasteiger partial charge in [-0.05, 0) is 13.8 Å². The molecule has 1 fully saturated rings. The predicted molar refractivity (Wildman–Crippen MR) is 91.5 cm³/mol. The Balaban J connectivity index is 1.92. The normalized spacial score (nSPS) is 19.6. The maximum Gasteiger partial charge on any atom is 0.272 e. The van der Waals surface area contributed by atoms with E-state index in [1.165, 1.54) is 23.0 Å². The molecule has 1 N–H and O–H groups in total. The number of halogens is 1. The van der Waals surface area contributed by atoms with Crippen molar-refractivity contribution in [2.75, 3.05) is 13.2 Å². The molecule has 2 atom stereocenters. The molecule has 8 nitrogen and oxygen atoms in total. The highest BCUT2D eigenvalue weighted by Crippen LogP contribution is 2.31. The Morgan fingerprint density at radius 1 is 1.31 bits per heavy atom. The van der Waals surface area contributed by atoms with Crippen molar-refractivity contribution in [2.24, 2.45) is 5.92 Å². The van der Waals surface area contributed by atoms with Gasteiger partial charge in [-0.15, -0.1) is 0 Å².